The Morgan fingerprint density at radius 1 is 0.949 bits per heavy atom. The molecular weight excluding hydrogens is 492 g/mol. The molecule has 1 aliphatic rings. The van der Waals surface area contributed by atoms with Gasteiger partial charge in [-0.15, -0.1) is 0 Å². The third kappa shape index (κ3) is 7.06. The largest absolute Gasteiger partial charge is 0.455 e. The highest BCUT2D eigenvalue weighted by molar-refractivity contribution is 5.94. The van der Waals surface area contributed by atoms with Crippen molar-refractivity contribution in [2.75, 3.05) is 13.1 Å². The van der Waals surface area contributed by atoms with Gasteiger partial charge in [-0.05, 0) is 85.8 Å². The fourth-order valence-corrected chi connectivity index (χ4v) is 4.86. The number of nitro groups is 1. The van der Waals surface area contributed by atoms with Gasteiger partial charge in [-0.3, -0.25) is 19.8 Å². The lowest BCUT2D eigenvalue weighted by molar-refractivity contribution is -0.384. The van der Waals surface area contributed by atoms with E-state index in [0.717, 1.165) is 32.0 Å². The van der Waals surface area contributed by atoms with Crippen LogP contribution in [0.5, 0.6) is 0 Å². The second kappa shape index (κ2) is 12.3. The Bertz CT molecular complexity index is 1420. The molecule has 3 aromatic carbocycles. The molecule has 39 heavy (non-hydrogen) atoms. The number of likely N-dealkylation sites (tertiary alicyclic amines) is 1. The number of amides is 1. The summed E-state index contributed by atoms with van der Waals surface area (Å²) in [6, 6.07) is 27.9. The van der Waals surface area contributed by atoms with Crippen molar-refractivity contribution in [1.29, 1.82) is 0 Å². The Morgan fingerprint density at radius 3 is 2.36 bits per heavy atom. The normalized spacial score (nSPS) is 14.5. The topological polar surface area (TPSA) is 101 Å². The molecule has 0 bridgehead atoms. The molecule has 1 fully saturated rings. The Balaban J connectivity index is 1.07. The minimum atomic E-state index is -0.447. The molecule has 0 spiro atoms. The van der Waals surface area contributed by atoms with E-state index in [1.165, 1.54) is 42.3 Å². The maximum atomic E-state index is 12.5. The highest BCUT2D eigenvalue weighted by atomic mass is 16.6. The van der Waals surface area contributed by atoms with Crippen molar-refractivity contribution < 1.29 is 14.1 Å². The lowest BCUT2D eigenvalue weighted by Crippen LogP contribution is -2.33. The van der Waals surface area contributed by atoms with Crippen LogP contribution in [0.3, 0.4) is 0 Å². The minimum absolute atomic E-state index is 0.0157. The number of benzene rings is 3. The predicted molar refractivity (Wildman–Crippen MR) is 150 cm³/mol. The number of hydrazone groups is 1. The number of carbonyl (C=O) groups is 1. The summed E-state index contributed by atoms with van der Waals surface area (Å²) < 4.78 is 5.71. The van der Waals surface area contributed by atoms with E-state index in [9.17, 15) is 14.9 Å². The maximum Gasteiger partial charge on any atom is 0.271 e. The Kier molecular flexibility index (Phi) is 8.23. The highest BCUT2D eigenvalue weighted by Crippen LogP contribution is 2.25. The molecule has 0 saturated carbocycles. The van der Waals surface area contributed by atoms with E-state index in [1.54, 1.807) is 24.3 Å². The van der Waals surface area contributed by atoms with Crippen molar-refractivity contribution in [2.24, 2.45) is 11.0 Å². The Morgan fingerprint density at radius 2 is 1.67 bits per heavy atom. The molecule has 1 aliphatic heterocycles. The molecule has 0 aliphatic carbocycles. The first-order chi connectivity index (χ1) is 19.0. The van der Waals surface area contributed by atoms with Crippen LogP contribution in [0, 0.1) is 16.0 Å². The van der Waals surface area contributed by atoms with E-state index in [0.29, 0.717) is 22.6 Å². The zero-order valence-corrected chi connectivity index (χ0v) is 21.5. The van der Waals surface area contributed by atoms with Crippen LogP contribution in [-0.4, -0.2) is 35.0 Å². The van der Waals surface area contributed by atoms with Gasteiger partial charge in [0.1, 0.15) is 11.5 Å². The molecule has 0 unspecified atom stereocenters. The first-order valence-corrected chi connectivity index (χ1v) is 13.1. The van der Waals surface area contributed by atoms with Gasteiger partial charge in [-0.2, -0.15) is 5.10 Å². The number of nitrogens with one attached hydrogen (secondary N) is 1. The SMILES string of the molecule is O=C(N/N=C\c1ccc(-c2ccc([N+](=O)[O-])cc2)o1)c1ccc(CN2CCC(Cc3ccccc3)CC2)cc1. The standard InChI is InChI=1S/C31H30N4O4/c36-31(33-32-21-29-14-15-30(39-29)26-10-12-28(13-11-26)35(37)38)27-8-6-25(7-9-27)22-34-18-16-24(17-19-34)20-23-4-2-1-3-5-23/h1-15,21,24H,16-20,22H2,(H,33,36)/b32-21-. The molecule has 4 aromatic rings. The van der Waals surface area contributed by atoms with E-state index in [1.807, 2.05) is 24.3 Å². The average molecular weight is 523 g/mol. The fourth-order valence-electron chi connectivity index (χ4n) is 4.86. The summed E-state index contributed by atoms with van der Waals surface area (Å²) in [5, 5.41) is 14.8. The highest BCUT2D eigenvalue weighted by Gasteiger charge is 2.19. The lowest BCUT2D eigenvalue weighted by atomic mass is 9.90. The molecule has 8 nitrogen and oxygen atoms in total. The molecule has 5 rings (SSSR count). The smallest absolute Gasteiger partial charge is 0.271 e. The van der Waals surface area contributed by atoms with Gasteiger partial charge in [0, 0.05) is 29.8 Å². The molecule has 198 valence electrons. The summed E-state index contributed by atoms with van der Waals surface area (Å²) in [6.07, 6.45) is 4.99. The summed E-state index contributed by atoms with van der Waals surface area (Å²) in [5.41, 5.74) is 6.39. The maximum absolute atomic E-state index is 12.5. The molecule has 2 heterocycles. The zero-order valence-electron chi connectivity index (χ0n) is 21.5. The number of furan rings is 1. The quantitative estimate of drug-likeness (QED) is 0.163. The number of rotatable bonds is 9. The van der Waals surface area contributed by atoms with Crippen LogP contribution in [0.4, 0.5) is 5.69 Å². The summed E-state index contributed by atoms with van der Waals surface area (Å²) in [7, 11) is 0. The van der Waals surface area contributed by atoms with Crippen molar-refractivity contribution in [3.8, 4) is 11.3 Å². The summed E-state index contributed by atoms with van der Waals surface area (Å²) in [6.45, 7) is 3.06. The number of nitrogens with zero attached hydrogens (tertiary/aromatic N) is 3. The number of non-ortho nitro benzene ring substituents is 1. The van der Waals surface area contributed by atoms with E-state index in [-0.39, 0.29) is 11.6 Å². The molecule has 1 amide bonds. The lowest BCUT2D eigenvalue weighted by Gasteiger charge is -2.32. The number of hydrogen-bond donors (Lipinski definition) is 1. The first kappa shape index (κ1) is 26.1. The van der Waals surface area contributed by atoms with Crippen molar-refractivity contribution in [3.63, 3.8) is 0 Å². The van der Waals surface area contributed by atoms with Gasteiger partial charge in [0.25, 0.3) is 11.6 Å². The monoisotopic (exact) mass is 522 g/mol. The van der Waals surface area contributed by atoms with Crippen LogP contribution >= 0.6 is 0 Å². The van der Waals surface area contributed by atoms with Crippen LogP contribution in [0.15, 0.2) is 101 Å². The van der Waals surface area contributed by atoms with Gasteiger partial charge < -0.3 is 4.42 Å². The van der Waals surface area contributed by atoms with Gasteiger partial charge in [0.2, 0.25) is 0 Å². The number of piperidine rings is 1. The first-order valence-electron chi connectivity index (χ1n) is 13.1. The van der Waals surface area contributed by atoms with Gasteiger partial charge in [0.15, 0.2) is 0 Å². The van der Waals surface area contributed by atoms with Crippen molar-refractivity contribution >= 4 is 17.8 Å². The molecule has 1 saturated heterocycles. The summed E-state index contributed by atoms with van der Waals surface area (Å²) >= 11 is 0. The van der Waals surface area contributed by atoms with E-state index in [4.69, 9.17) is 4.42 Å². The van der Waals surface area contributed by atoms with Crippen molar-refractivity contribution in [1.82, 2.24) is 10.3 Å². The molecule has 8 heteroatoms. The van der Waals surface area contributed by atoms with Crippen LogP contribution < -0.4 is 5.43 Å². The second-order valence-corrected chi connectivity index (χ2v) is 9.81. The zero-order chi connectivity index (χ0) is 27.0. The van der Waals surface area contributed by atoms with E-state index in [2.05, 4.69) is 45.8 Å². The van der Waals surface area contributed by atoms with Gasteiger partial charge in [0.05, 0.1) is 11.1 Å². The van der Waals surface area contributed by atoms with Crippen LogP contribution in [0.1, 0.15) is 40.1 Å². The van der Waals surface area contributed by atoms with E-state index >= 15 is 0 Å². The van der Waals surface area contributed by atoms with Crippen LogP contribution in [0.25, 0.3) is 11.3 Å². The Hall–Kier alpha value is -4.56. The number of carbonyl (C=O) groups excluding carboxylic acids is 1. The van der Waals surface area contributed by atoms with Crippen molar-refractivity contribution in [3.05, 3.63) is 124 Å². The fraction of sp³-hybridized carbons (Fsp3) is 0.226. The summed E-state index contributed by atoms with van der Waals surface area (Å²) in [5.74, 6) is 1.44. The minimum Gasteiger partial charge on any atom is -0.455 e. The van der Waals surface area contributed by atoms with Crippen LogP contribution in [0.2, 0.25) is 0 Å². The third-order valence-electron chi connectivity index (χ3n) is 7.04. The molecule has 0 atom stereocenters. The molecular formula is C31H30N4O4. The number of nitro benzene ring substituents is 1. The number of hydrogen-bond acceptors (Lipinski definition) is 6. The van der Waals surface area contributed by atoms with E-state index < -0.39 is 4.92 Å². The molecule has 1 aromatic heterocycles. The molecule has 1 N–H and O–H groups in total. The van der Waals surface area contributed by atoms with Crippen LogP contribution in [-0.2, 0) is 13.0 Å². The summed E-state index contributed by atoms with van der Waals surface area (Å²) in [4.78, 5) is 25.4. The van der Waals surface area contributed by atoms with Crippen molar-refractivity contribution in [2.45, 2.75) is 25.8 Å². The van der Waals surface area contributed by atoms with Gasteiger partial charge in [-0.25, -0.2) is 5.43 Å². The molecule has 0 radical (unpaired) electrons. The Labute approximate surface area is 227 Å². The van der Waals surface area contributed by atoms with Gasteiger partial charge in [-0.1, -0.05) is 42.5 Å². The van der Waals surface area contributed by atoms with Gasteiger partial charge >= 0.3 is 0 Å². The predicted octanol–water partition coefficient (Wildman–Crippen LogP) is 6.07. The second-order valence-electron chi connectivity index (χ2n) is 9.81. The average Bonchev–Trinajstić information content (AvgIpc) is 3.44. The third-order valence-corrected chi connectivity index (χ3v) is 7.04.